The number of para-hydroxylation sites is 1. The summed E-state index contributed by atoms with van der Waals surface area (Å²) in [6.45, 7) is 0.0833. The molecule has 4 rings (SSSR count). The van der Waals surface area contributed by atoms with Gasteiger partial charge in [-0.2, -0.15) is 0 Å². The molecule has 0 aliphatic rings. The number of non-ortho nitro benzene ring substituents is 1. The summed E-state index contributed by atoms with van der Waals surface area (Å²) in [5.41, 5.74) is 2.28. The van der Waals surface area contributed by atoms with Crippen LogP contribution in [0.1, 0.15) is 11.4 Å². The second-order valence-corrected chi connectivity index (χ2v) is 9.23. The van der Waals surface area contributed by atoms with E-state index in [4.69, 9.17) is 4.74 Å². The smallest absolute Gasteiger partial charge is 0.319 e. The fourth-order valence-electron chi connectivity index (χ4n) is 3.29. The van der Waals surface area contributed by atoms with Crippen LogP contribution in [0.15, 0.2) is 82.4 Å². The number of nitro groups is 1. The monoisotopic (exact) mass is 568 g/mol. The Morgan fingerprint density at radius 1 is 1.11 bits per heavy atom. The maximum Gasteiger partial charge on any atom is 0.319 e. The Kier molecular flexibility index (Phi) is 8.18. The van der Waals surface area contributed by atoms with Gasteiger partial charge in [0, 0.05) is 28.0 Å². The minimum Gasteiger partial charge on any atom is -0.497 e. The van der Waals surface area contributed by atoms with E-state index in [9.17, 15) is 14.9 Å². The number of benzene rings is 3. The molecule has 2 N–H and O–H groups in total. The van der Waals surface area contributed by atoms with E-state index >= 15 is 0 Å². The van der Waals surface area contributed by atoms with Crippen molar-refractivity contribution in [1.29, 1.82) is 0 Å². The van der Waals surface area contributed by atoms with Gasteiger partial charge in [0.05, 0.1) is 24.3 Å². The maximum absolute atomic E-state index is 12.5. The van der Waals surface area contributed by atoms with Gasteiger partial charge in [0.2, 0.25) is 0 Å². The summed E-state index contributed by atoms with van der Waals surface area (Å²) in [6.07, 6.45) is 0. The Hall–Kier alpha value is -3.90. The Morgan fingerprint density at radius 2 is 1.89 bits per heavy atom. The van der Waals surface area contributed by atoms with Crippen LogP contribution < -0.4 is 15.4 Å². The zero-order valence-electron chi connectivity index (χ0n) is 19.1. The summed E-state index contributed by atoms with van der Waals surface area (Å²) in [4.78, 5) is 23.1. The highest BCUT2D eigenvalue weighted by molar-refractivity contribution is 9.10. The van der Waals surface area contributed by atoms with Crippen LogP contribution in [-0.2, 0) is 12.3 Å². The van der Waals surface area contributed by atoms with E-state index in [-0.39, 0.29) is 12.2 Å². The van der Waals surface area contributed by atoms with E-state index in [1.807, 2.05) is 42.5 Å². The number of methoxy groups -OCH3 is 1. The molecular formula is C24H21BrN6O4S. The topological polar surface area (TPSA) is 124 Å². The number of hydrogen-bond donors (Lipinski definition) is 2. The molecule has 184 valence electrons. The van der Waals surface area contributed by atoms with Gasteiger partial charge in [-0.3, -0.25) is 14.7 Å². The Labute approximate surface area is 219 Å². The first-order valence-electron chi connectivity index (χ1n) is 10.7. The first-order chi connectivity index (χ1) is 17.4. The minimum absolute atomic E-state index is 0.0232. The average Bonchev–Trinajstić information content (AvgIpc) is 3.30. The van der Waals surface area contributed by atoms with E-state index in [1.165, 1.54) is 23.9 Å². The van der Waals surface area contributed by atoms with Crippen molar-refractivity contribution in [3.05, 3.63) is 98.8 Å². The lowest BCUT2D eigenvalue weighted by molar-refractivity contribution is -0.384. The first kappa shape index (κ1) is 25.2. The fourth-order valence-corrected chi connectivity index (χ4v) is 4.59. The predicted octanol–water partition coefficient (Wildman–Crippen LogP) is 5.56. The quantitative estimate of drug-likeness (QED) is 0.154. The van der Waals surface area contributed by atoms with Gasteiger partial charge in [-0.1, -0.05) is 36.0 Å². The van der Waals surface area contributed by atoms with Gasteiger partial charge < -0.3 is 15.4 Å². The number of carbonyl (C=O) groups is 1. The number of anilines is 1. The van der Waals surface area contributed by atoms with Crippen LogP contribution in [0.4, 0.5) is 16.2 Å². The molecule has 0 fully saturated rings. The molecule has 10 nitrogen and oxygen atoms in total. The third-order valence-corrected chi connectivity index (χ3v) is 6.74. The SMILES string of the molecule is COc1cccc(CSc2nnc(CNC(=O)Nc3ccccc3Br)n2-c2ccc([N+](=O)[O-])cc2)c1. The molecule has 0 aliphatic heterocycles. The number of nitrogens with one attached hydrogen (secondary N) is 2. The highest BCUT2D eigenvalue weighted by Crippen LogP contribution is 2.27. The van der Waals surface area contributed by atoms with E-state index in [1.54, 1.807) is 29.9 Å². The number of aromatic nitrogens is 3. The van der Waals surface area contributed by atoms with E-state index < -0.39 is 11.0 Å². The van der Waals surface area contributed by atoms with E-state index in [0.717, 1.165) is 15.8 Å². The molecule has 0 bridgehead atoms. The number of ether oxygens (including phenoxy) is 1. The van der Waals surface area contributed by atoms with Crippen LogP contribution >= 0.6 is 27.7 Å². The number of rotatable bonds is 9. The van der Waals surface area contributed by atoms with Gasteiger partial charge in [0.25, 0.3) is 5.69 Å². The summed E-state index contributed by atoms with van der Waals surface area (Å²) in [6, 6.07) is 20.7. The zero-order chi connectivity index (χ0) is 25.5. The van der Waals surface area contributed by atoms with Crippen LogP contribution in [0, 0.1) is 10.1 Å². The van der Waals surface area contributed by atoms with Gasteiger partial charge in [-0.25, -0.2) is 4.79 Å². The van der Waals surface area contributed by atoms with Crippen molar-refractivity contribution < 1.29 is 14.5 Å². The largest absolute Gasteiger partial charge is 0.497 e. The van der Waals surface area contributed by atoms with Gasteiger partial charge in [0.15, 0.2) is 11.0 Å². The number of urea groups is 1. The molecule has 4 aromatic rings. The maximum atomic E-state index is 12.5. The van der Waals surface area contributed by atoms with Crippen molar-refractivity contribution in [2.24, 2.45) is 0 Å². The van der Waals surface area contributed by atoms with Crippen LogP contribution in [0.2, 0.25) is 0 Å². The highest BCUT2D eigenvalue weighted by atomic mass is 79.9. The number of nitrogens with zero attached hydrogens (tertiary/aromatic N) is 4. The molecule has 1 heterocycles. The van der Waals surface area contributed by atoms with Crippen molar-refractivity contribution in [2.45, 2.75) is 17.5 Å². The van der Waals surface area contributed by atoms with E-state index in [0.29, 0.717) is 28.1 Å². The predicted molar refractivity (Wildman–Crippen MR) is 141 cm³/mol. The Bertz CT molecular complexity index is 1380. The van der Waals surface area contributed by atoms with Crippen LogP contribution in [-0.4, -0.2) is 32.8 Å². The first-order valence-corrected chi connectivity index (χ1v) is 12.5. The second-order valence-electron chi connectivity index (χ2n) is 7.44. The molecule has 0 aliphatic carbocycles. The number of thioether (sulfide) groups is 1. The van der Waals surface area contributed by atoms with Crippen LogP contribution in [0.3, 0.4) is 0 Å². The van der Waals surface area contributed by atoms with Crippen molar-refractivity contribution in [3.63, 3.8) is 0 Å². The Balaban J connectivity index is 1.55. The molecule has 36 heavy (non-hydrogen) atoms. The third-order valence-electron chi connectivity index (χ3n) is 5.05. The number of hydrogen-bond acceptors (Lipinski definition) is 7. The molecule has 0 atom stereocenters. The minimum atomic E-state index is -0.455. The molecule has 0 radical (unpaired) electrons. The molecule has 0 saturated carbocycles. The lowest BCUT2D eigenvalue weighted by Gasteiger charge is -2.12. The van der Waals surface area contributed by atoms with Crippen molar-refractivity contribution >= 4 is 45.1 Å². The zero-order valence-corrected chi connectivity index (χ0v) is 21.5. The number of nitro benzene ring substituents is 1. The lowest BCUT2D eigenvalue weighted by Crippen LogP contribution is -2.29. The Morgan fingerprint density at radius 3 is 2.61 bits per heavy atom. The summed E-state index contributed by atoms with van der Waals surface area (Å²) in [5.74, 6) is 1.82. The summed E-state index contributed by atoms with van der Waals surface area (Å²) in [5, 5.41) is 25.8. The molecule has 0 saturated heterocycles. The van der Waals surface area contributed by atoms with Gasteiger partial charge in [-0.05, 0) is 57.9 Å². The number of carbonyl (C=O) groups excluding carboxylic acids is 1. The lowest BCUT2D eigenvalue weighted by atomic mass is 10.2. The van der Waals surface area contributed by atoms with Crippen LogP contribution in [0.5, 0.6) is 5.75 Å². The molecule has 12 heteroatoms. The molecule has 1 aromatic heterocycles. The number of halogens is 1. The fraction of sp³-hybridized carbons (Fsp3) is 0.125. The third kappa shape index (κ3) is 6.20. The summed E-state index contributed by atoms with van der Waals surface area (Å²) >= 11 is 4.85. The molecular weight excluding hydrogens is 548 g/mol. The van der Waals surface area contributed by atoms with Crippen molar-refractivity contribution in [2.75, 3.05) is 12.4 Å². The van der Waals surface area contributed by atoms with Crippen molar-refractivity contribution in [3.8, 4) is 11.4 Å². The standard InChI is InChI=1S/C24H21BrN6O4S/c1-35-19-6-4-5-16(13-19)15-36-24-29-28-22(30(24)17-9-11-18(12-10-17)31(33)34)14-26-23(32)27-21-8-3-2-7-20(21)25/h2-13H,14-15H2,1H3,(H2,26,27,32). The molecule has 0 unspecified atom stereocenters. The van der Waals surface area contributed by atoms with Gasteiger partial charge in [-0.15, -0.1) is 10.2 Å². The summed E-state index contributed by atoms with van der Waals surface area (Å²) in [7, 11) is 1.61. The number of amides is 2. The second kappa shape index (κ2) is 11.7. The van der Waals surface area contributed by atoms with Crippen molar-refractivity contribution in [1.82, 2.24) is 20.1 Å². The highest BCUT2D eigenvalue weighted by Gasteiger charge is 2.17. The average molecular weight is 569 g/mol. The van der Waals surface area contributed by atoms with Gasteiger partial charge >= 0.3 is 6.03 Å². The molecule has 0 spiro atoms. The van der Waals surface area contributed by atoms with Crippen LogP contribution in [0.25, 0.3) is 5.69 Å². The van der Waals surface area contributed by atoms with E-state index in [2.05, 4.69) is 36.8 Å². The normalized spacial score (nSPS) is 10.6. The van der Waals surface area contributed by atoms with Gasteiger partial charge in [0.1, 0.15) is 5.75 Å². The summed E-state index contributed by atoms with van der Waals surface area (Å²) < 4.78 is 7.82. The molecule has 3 aromatic carbocycles. The molecule has 2 amide bonds.